The van der Waals surface area contributed by atoms with E-state index in [1.54, 1.807) is 14.0 Å². The molecular weight excluding hydrogens is 469 g/mol. The molecule has 3 aliphatic rings. The van der Waals surface area contributed by atoms with Crippen LogP contribution in [0.1, 0.15) is 65.4 Å². The topological polar surface area (TPSA) is 80.5 Å². The third kappa shape index (κ3) is 4.65. The second kappa shape index (κ2) is 9.78. The fraction of sp³-hybridized carbons (Fsp3) is 0.586. The number of nitrogens with zero attached hydrogens (tertiary/aromatic N) is 2. The van der Waals surface area contributed by atoms with Crippen LogP contribution < -0.4 is 10.6 Å². The van der Waals surface area contributed by atoms with Crippen LogP contribution in [-0.2, 0) is 9.59 Å². The zero-order valence-corrected chi connectivity index (χ0v) is 22.6. The van der Waals surface area contributed by atoms with Crippen molar-refractivity contribution in [1.29, 1.82) is 0 Å². The summed E-state index contributed by atoms with van der Waals surface area (Å²) in [5.74, 6) is -0.495. The van der Waals surface area contributed by atoms with Crippen LogP contribution in [0.25, 0.3) is 16.5 Å². The van der Waals surface area contributed by atoms with Crippen molar-refractivity contribution in [2.75, 3.05) is 13.6 Å². The summed E-state index contributed by atoms with van der Waals surface area (Å²) in [4.78, 5) is 34.8. The van der Waals surface area contributed by atoms with Gasteiger partial charge in [-0.2, -0.15) is 0 Å². The number of H-pyrrole nitrogens is 1. The largest absolute Gasteiger partial charge is 0.369 e. The van der Waals surface area contributed by atoms with Crippen LogP contribution in [0.3, 0.4) is 0 Å². The van der Waals surface area contributed by atoms with Crippen molar-refractivity contribution in [3.63, 3.8) is 0 Å². The van der Waals surface area contributed by atoms with E-state index in [9.17, 15) is 14.0 Å². The van der Waals surface area contributed by atoms with Crippen molar-refractivity contribution in [1.82, 2.24) is 25.4 Å². The number of likely N-dealkylation sites (tertiary alicyclic amines) is 1. The summed E-state index contributed by atoms with van der Waals surface area (Å²) in [5, 5.41) is 6.97. The molecule has 3 heterocycles. The number of amides is 2. The summed E-state index contributed by atoms with van der Waals surface area (Å²) in [6, 6.07) is 4.38. The van der Waals surface area contributed by atoms with Gasteiger partial charge in [-0.15, -0.1) is 0 Å². The van der Waals surface area contributed by atoms with Crippen molar-refractivity contribution in [3.8, 4) is 0 Å². The standard InChI is InChI=1S/C29H40FN5O2/c1-17(31-5)27(36)33-26(29(2,3)4)28(37)34-13-12-24-25(34)22(16-35(24)19-8-6-7-9-19)21-15-32-23-14-18(30)10-11-20(21)23/h10-11,14-17,19,24-26,31-32H,6-9,12-13H2,1-5H3,(H,33,36). The molecule has 1 aromatic carbocycles. The number of aromatic nitrogens is 1. The molecule has 7 nitrogen and oxygen atoms in total. The van der Waals surface area contributed by atoms with Gasteiger partial charge in [-0.25, -0.2) is 4.39 Å². The first kappa shape index (κ1) is 25.8. The average Bonchev–Trinajstić information content (AvgIpc) is 3.64. The van der Waals surface area contributed by atoms with Gasteiger partial charge in [-0.3, -0.25) is 9.59 Å². The molecule has 2 fully saturated rings. The van der Waals surface area contributed by atoms with E-state index < -0.39 is 17.5 Å². The molecule has 0 radical (unpaired) electrons. The molecule has 4 unspecified atom stereocenters. The number of carbonyl (C=O) groups is 2. The van der Waals surface area contributed by atoms with Gasteiger partial charge in [0.1, 0.15) is 11.9 Å². The Morgan fingerprint density at radius 1 is 1.16 bits per heavy atom. The molecular formula is C29H40FN5O2. The van der Waals surface area contributed by atoms with Gasteiger partial charge in [0, 0.05) is 47.0 Å². The second-order valence-corrected chi connectivity index (χ2v) is 12.0. The summed E-state index contributed by atoms with van der Waals surface area (Å²) in [7, 11) is 1.74. The molecule has 1 aromatic heterocycles. The maximum atomic E-state index is 14.2. The lowest BCUT2D eigenvalue weighted by atomic mass is 9.85. The fourth-order valence-electron chi connectivity index (χ4n) is 6.40. The van der Waals surface area contributed by atoms with Crippen molar-refractivity contribution < 1.29 is 14.0 Å². The van der Waals surface area contributed by atoms with Crippen LogP contribution in [0.2, 0.25) is 0 Å². The Morgan fingerprint density at radius 2 is 1.89 bits per heavy atom. The lowest BCUT2D eigenvalue weighted by Crippen LogP contribution is -2.58. The predicted molar refractivity (Wildman–Crippen MR) is 144 cm³/mol. The molecule has 37 heavy (non-hydrogen) atoms. The number of halogens is 1. The first-order valence-electron chi connectivity index (χ1n) is 13.6. The smallest absolute Gasteiger partial charge is 0.246 e. The van der Waals surface area contributed by atoms with E-state index in [-0.39, 0.29) is 29.7 Å². The minimum absolute atomic E-state index is 0.0401. The van der Waals surface area contributed by atoms with E-state index in [1.165, 1.54) is 37.8 Å². The maximum absolute atomic E-state index is 14.2. The number of fused-ring (bicyclic) bond motifs is 2. The Balaban J connectivity index is 1.52. The number of benzene rings is 1. The van der Waals surface area contributed by atoms with E-state index in [0.717, 1.165) is 28.5 Å². The Morgan fingerprint density at radius 3 is 2.57 bits per heavy atom. The average molecular weight is 510 g/mol. The molecule has 5 rings (SSSR count). The Kier molecular flexibility index (Phi) is 6.81. The van der Waals surface area contributed by atoms with E-state index in [4.69, 9.17) is 0 Å². The lowest BCUT2D eigenvalue weighted by molar-refractivity contribution is -0.140. The number of hydrogen-bond donors (Lipinski definition) is 3. The van der Waals surface area contributed by atoms with Gasteiger partial charge in [-0.05, 0) is 56.8 Å². The number of hydrogen-bond acceptors (Lipinski definition) is 4. The molecule has 0 spiro atoms. The minimum atomic E-state index is -0.645. The lowest BCUT2D eigenvalue weighted by Gasteiger charge is -2.37. The molecule has 1 saturated carbocycles. The first-order chi connectivity index (χ1) is 17.6. The summed E-state index contributed by atoms with van der Waals surface area (Å²) in [6.07, 6.45) is 9.91. The SMILES string of the molecule is CNC(C)C(=O)NC(C(=O)N1CCC2C1C(c1c[nH]c3cc(F)ccc13)=CN2C1CCCC1)C(C)(C)C. The third-order valence-corrected chi connectivity index (χ3v) is 8.57. The van der Waals surface area contributed by atoms with Gasteiger partial charge in [-0.1, -0.05) is 33.6 Å². The van der Waals surface area contributed by atoms with E-state index in [0.29, 0.717) is 12.6 Å². The van der Waals surface area contributed by atoms with Crippen LogP contribution in [-0.4, -0.2) is 70.4 Å². The Labute approximate surface area is 218 Å². The van der Waals surface area contributed by atoms with Crippen LogP contribution in [0.5, 0.6) is 0 Å². The Bertz CT molecular complexity index is 1210. The summed E-state index contributed by atoms with van der Waals surface area (Å²) in [5.41, 5.74) is 2.42. The number of rotatable bonds is 6. The highest BCUT2D eigenvalue weighted by Gasteiger charge is 2.50. The van der Waals surface area contributed by atoms with Gasteiger partial charge in [0.05, 0.1) is 18.1 Å². The van der Waals surface area contributed by atoms with Crippen molar-refractivity contribution in [2.45, 2.75) is 90.0 Å². The van der Waals surface area contributed by atoms with E-state index >= 15 is 0 Å². The minimum Gasteiger partial charge on any atom is -0.369 e. The quantitative estimate of drug-likeness (QED) is 0.550. The molecule has 8 heteroatoms. The molecule has 1 saturated heterocycles. The normalized spacial score (nSPS) is 23.9. The molecule has 3 N–H and O–H groups in total. The van der Waals surface area contributed by atoms with E-state index in [1.807, 2.05) is 37.9 Å². The van der Waals surface area contributed by atoms with Gasteiger partial charge in [0.25, 0.3) is 0 Å². The van der Waals surface area contributed by atoms with Crippen LogP contribution >= 0.6 is 0 Å². The van der Waals surface area contributed by atoms with Crippen molar-refractivity contribution in [2.24, 2.45) is 5.41 Å². The van der Waals surface area contributed by atoms with Crippen LogP contribution in [0.15, 0.2) is 30.6 Å². The van der Waals surface area contributed by atoms with Crippen LogP contribution in [0, 0.1) is 11.2 Å². The van der Waals surface area contributed by atoms with Crippen molar-refractivity contribution in [3.05, 3.63) is 42.0 Å². The van der Waals surface area contributed by atoms with Gasteiger partial charge in [0.2, 0.25) is 11.8 Å². The molecule has 0 bridgehead atoms. The summed E-state index contributed by atoms with van der Waals surface area (Å²) >= 11 is 0. The van der Waals surface area contributed by atoms with Gasteiger partial charge >= 0.3 is 0 Å². The molecule has 2 aromatic rings. The predicted octanol–water partition coefficient (Wildman–Crippen LogP) is 4.01. The fourth-order valence-corrected chi connectivity index (χ4v) is 6.40. The summed E-state index contributed by atoms with van der Waals surface area (Å²) < 4.78 is 13.9. The van der Waals surface area contributed by atoms with Crippen molar-refractivity contribution >= 4 is 28.3 Å². The number of carbonyl (C=O) groups excluding carboxylic acids is 2. The van der Waals surface area contributed by atoms with Crippen LogP contribution in [0.4, 0.5) is 4.39 Å². The van der Waals surface area contributed by atoms with E-state index in [2.05, 4.69) is 26.7 Å². The molecule has 1 aliphatic carbocycles. The summed E-state index contributed by atoms with van der Waals surface area (Å²) in [6.45, 7) is 8.44. The zero-order valence-electron chi connectivity index (χ0n) is 22.6. The molecule has 200 valence electrons. The molecule has 4 atom stereocenters. The monoisotopic (exact) mass is 509 g/mol. The molecule has 2 amide bonds. The van der Waals surface area contributed by atoms with Gasteiger partial charge in [0.15, 0.2) is 0 Å². The number of nitrogens with one attached hydrogen (secondary N) is 3. The second-order valence-electron chi connectivity index (χ2n) is 12.0. The number of likely N-dealkylation sites (N-methyl/N-ethyl adjacent to an activating group) is 1. The highest BCUT2D eigenvalue weighted by atomic mass is 19.1. The number of aromatic amines is 1. The zero-order chi connectivity index (χ0) is 26.5. The highest BCUT2D eigenvalue weighted by Crippen LogP contribution is 2.45. The third-order valence-electron chi connectivity index (χ3n) is 8.57. The first-order valence-corrected chi connectivity index (χ1v) is 13.6. The molecule has 2 aliphatic heterocycles. The maximum Gasteiger partial charge on any atom is 0.246 e. The Hall–Kier alpha value is -2.87. The highest BCUT2D eigenvalue weighted by molar-refractivity contribution is 5.97. The van der Waals surface area contributed by atoms with Gasteiger partial charge < -0.3 is 25.4 Å².